The number of nitrogens with zero attached hydrogens (tertiary/aromatic N) is 1. The fraction of sp³-hybridized carbons (Fsp3) is 0.462. The number of nitrogens with one attached hydrogen (secondary N) is 1. The number of anilines is 1. The van der Waals surface area contributed by atoms with Crippen LogP contribution in [0.25, 0.3) is 0 Å². The number of benzene rings is 1. The van der Waals surface area contributed by atoms with Crippen molar-refractivity contribution in [3.63, 3.8) is 0 Å². The van der Waals surface area contributed by atoms with Gasteiger partial charge in [-0.25, -0.2) is 0 Å². The smallest absolute Gasteiger partial charge is 0.233 e. The molecule has 2 rings (SSSR count). The lowest BCUT2D eigenvalue weighted by molar-refractivity contribution is -0.121. The lowest BCUT2D eigenvalue weighted by Gasteiger charge is -2.24. The molecule has 0 bridgehead atoms. The van der Waals surface area contributed by atoms with Crippen LogP contribution in [0.4, 0.5) is 5.69 Å². The van der Waals surface area contributed by atoms with Gasteiger partial charge in [-0.1, -0.05) is 6.07 Å². The molecule has 0 aliphatic heterocycles. The van der Waals surface area contributed by atoms with E-state index in [1.807, 2.05) is 19.2 Å². The molecular formula is C13H19N3O. The van der Waals surface area contributed by atoms with Crippen LogP contribution in [0.15, 0.2) is 18.2 Å². The lowest BCUT2D eigenvalue weighted by Crippen LogP contribution is -2.34. The van der Waals surface area contributed by atoms with Crippen LogP contribution in [0.1, 0.15) is 23.6 Å². The molecule has 92 valence electrons. The predicted molar refractivity (Wildman–Crippen MR) is 68.6 cm³/mol. The van der Waals surface area contributed by atoms with Gasteiger partial charge in [0.25, 0.3) is 0 Å². The lowest BCUT2D eigenvalue weighted by atomic mass is 10.1. The molecule has 4 heteroatoms. The molecule has 4 nitrogen and oxygen atoms in total. The highest BCUT2D eigenvalue weighted by Gasteiger charge is 2.26. The quantitative estimate of drug-likeness (QED) is 0.764. The van der Waals surface area contributed by atoms with E-state index in [1.54, 1.807) is 7.05 Å². The van der Waals surface area contributed by atoms with E-state index in [2.05, 4.69) is 16.3 Å². The summed E-state index contributed by atoms with van der Waals surface area (Å²) in [6.07, 6.45) is 2.11. The standard InChI is InChI=1S/C13H19N3O/c1-15-13(17)8-16(2)12-6-3-9-7-10(14)4-5-11(9)12/h4-5,7,12H,3,6,8,14H2,1-2H3,(H,15,17). The highest BCUT2D eigenvalue weighted by atomic mass is 16.1. The molecule has 0 spiro atoms. The van der Waals surface area contributed by atoms with Gasteiger partial charge in [0.1, 0.15) is 0 Å². The van der Waals surface area contributed by atoms with Crippen LogP contribution in [0.3, 0.4) is 0 Å². The van der Waals surface area contributed by atoms with Crippen molar-refractivity contribution >= 4 is 11.6 Å². The molecule has 1 unspecified atom stereocenters. The minimum Gasteiger partial charge on any atom is -0.399 e. The number of aryl methyl sites for hydroxylation is 1. The molecule has 0 saturated heterocycles. The van der Waals surface area contributed by atoms with Gasteiger partial charge in [-0.15, -0.1) is 0 Å². The summed E-state index contributed by atoms with van der Waals surface area (Å²) in [5.41, 5.74) is 9.22. The first-order valence-electron chi connectivity index (χ1n) is 5.91. The number of amides is 1. The Labute approximate surface area is 102 Å². The van der Waals surface area contributed by atoms with Crippen molar-refractivity contribution in [2.24, 2.45) is 0 Å². The second-order valence-corrected chi connectivity index (χ2v) is 4.60. The average Bonchev–Trinajstić information content (AvgIpc) is 2.71. The van der Waals surface area contributed by atoms with E-state index in [4.69, 9.17) is 5.73 Å². The molecule has 0 heterocycles. The number of hydrogen-bond acceptors (Lipinski definition) is 3. The third-order valence-electron chi connectivity index (χ3n) is 3.42. The van der Waals surface area contributed by atoms with E-state index in [9.17, 15) is 4.79 Å². The fourth-order valence-electron chi connectivity index (χ4n) is 2.49. The molecule has 0 saturated carbocycles. The summed E-state index contributed by atoms with van der Waals surface area (Å²) in [4.78, 5) is 13.5. The Morgan fingerprint density at radius 1 is 1.59 bits per heavy atom. The van der Waals surface area contributed by atoms with Crippen LogP contribution < -0.4 is 11.1 Å². The van der Waals surface area contributed by atoms with Crippen LogP contribution in [-0.2, 0) is 11.2 Å². The third-order valence-corrected chi connectivity index (χ3v) is 3.42. The summed E-state index contributed by atoms with van der Waals surface area (Å²) in [5, 5.41) is 2.65. The summed E-state index contributed by atoms with van der Waals surface area (Å²) in [7, 11) is 3.66. The average molecular weight is 233 g/mol. The first-order valence-corrected chi connectivity index (χ1v) is 5.91. The zero-order valence-electron chi connectivity index (χ0n) is 10.4. The molecule has 1 aliphatic carbocycles. The van der Waals surface area contributed by atoms with Crippen LogP contribution in [0.5, 0.6) is 0 Å². The number of rotatable bonds is 3. The van der Waals surface area contributed by atoms with E-state index >= 15 is 0 Å². The maximum absolute atomic E-state index is 11.4. The van der Waals surface area contributed by atoms with Crippen molar-refractivity contribution < 1.29 is 4.79 Å². The zero-order valence-corrected chi connectivity index (χ0v) is 10.4. The Morgan fingerprint density at radius 2 is 2.35 bits per heavy atom. The SMILES string of the molecule is CNC(=O)CN(C)C1CCc2cc(N)ccc21. The van der Waals surface area contributed by atoms with Crippen LogP contribution >= 0.6 is 0 Å². The normalized spacial score (nSPS) is 18.2. The number of fused-ring (bicyclic) bond motifs is 1. The van der Waals surface area contributed by atoms with Gasteiger partial charge in [-0.05, 0) is 43.1 Å². The Hall–Kier alpha value is -1.55. The van der Waals surface area contributed by atoms with Gasteiger partial charge in [-0.2, -0.15) is 0 Å². The molecule has 0 radical (unpaired) electrons. The summed E-state index contributed by atoms with van der Waals surface area (Å²) >= 11 is 0. The maximum atomic E-state index is 11.4. The van der Waals surface area contributed by atoms with Crippen molar-refractivity contribution in [1.82, 2.24) is 10.2 Å². The predicted octanol–water partition coefficient (Wildman–Crippen LogP) is 0.934. The zero-order chi connectivity index (χ0) is 12.4. The van der Waals surface area contributed by atoms with Gasteiger partial charge in [0.15, 0.2) is 0 Å². The van der Waals surface area contributed by atoms with Crippen LogP contribution in [0, 0.1) is 0 Å². The van der Waals surface area contributed by atoms with E-state index in [0.717, 1.165) is 18.5 Å². The first kappa shape index (κ1) is 11.9. The van der Waals surface area contributed by atoms with Crippen molar-refractivity contribution in [3.8, 4) is 0 Å². The van der Waals surface area contributed by atoms with Crippen LogP contribution in [-0.4, -0.2) is 31.4 Å². The number of carbonyl (C=O) groups excluding carboxylic acids is 1. The van der Waals surface area contributed by atoms with Gasteiger partial charge in [-0.3, -0.25) is 9.69 Å². The molecule has 1 amide bonds. The first-order chi connectivity index (χ1) is 8.11. The minimum absolute atomic E-state index is 0.0522. The Bertz CT molecular complexity index is 431. The summed E-state index contributed by atoms with van der Waals surface area (Å²) < 4.78 is 0. The number of nitrogens with two attached hydrogens (primary N) is 1. The molecule has 17 heavy (non-hydrogen) atoms. The van der Waals surface area contributed by atoms with Crippen molar-refractivity contribution in [1.29, 1.82) is 0 Å². The summed E-state index contributed by atoms with van der Waals surface area (Å²) in [6, 6.07) is 6.40. The molecular weight excluding hydrogens is 214 g/mol. The Kier molecular flexibility index (Phi) is 3.33. The van der Waals surface area contributed by atoms with Crippen molar-refractivity contribution in [2.75, 3.05) is 26.4 Å². The van der Waals surface area contributed by atoms with Crippen molar-refractivity contribution in [3.05, 3.63) is 29.3 Å². The van der Waals surface area contributed by atoms with Gasteiger partial charge in [0.2, 0.25) is 5.91 Å². The summed E-state index contributed by atoms with van der Waals surface area (Å²) in [5.74, 6) is 0.0522. The Balaban J connectivity index is 2.13. The van der Waals surface area contributed by atoms with Gasteiger partial charge >= 0.3 is 0 Å². The summed E-state index contributed by atoms with van der Waals surface area (Å²) in [6.45, 7) is 0.435. The molecule has 0 aromatic heterocycles. The molecule has 1 aromatic rings. The van der Waals surface area contributed by atoms with E-state index in [1.165, 1.54) is 11.1 Å². The fourth-order valence-corrected chi connectivity index (χ4v) is 2.49. The third kappa shape index (κ3) is 2.42. The van der Waals surface area contributed by atoms with E-state index in [-0.39, 0.29) is 5.91 Å². The molecule has 3 N–H and O–H groups in total. The van der Waals surface area contributed by atoms with Gasteiger partial charge < -0.3 is 11.1 Å². The number of nitrogen functional groups attached to an aromatic ring is 1. The molecule has 0 fully saturated rings. The maximum Gasteiger partial charge on any atom is 0.233 e. The Morgan fingerprint density at radius 3 is 3.06 bits per heavy atom. The van der Waals surface area contributed by atoms with E-state index in [0.29, 0.717) is 12.6 Å². The topological polar surface area (TPSA) is 58.4 Å². The number of likely N-dealkylation sites (N-methyl/N-ethyl adjacent to an activating group) is 2. The van der Waals surface area contributed by atoms with Gasteiger partial charge in [0.05, 0.1) is 6.54 Å². The van der Waals surface area contributed by atoms with Gasteiger partial charge in [0, 0.05) is 18.8 Å². The molecule has 1 aliphatic rings. The monoisotopic (exact) mass is 233 g/mol. The molecule has 1 aromatic carbocycles. The number of carbonyl (C=O) groups is 1. The van der Waals surface area contributed by atoms with E-state index < -0.39 is 0 Å². The molecule has 1 atom stereocenters. The van der Waals surface area contributed by atoms with Crippen molar-refractivity contribution in [2.45, 2.75) is 18.9 Å². The highest BCUT2D eigenvalue weighted by Crippen LogP contribution is 2.35. The second-order valence-electron chi connectivity index (χ2n) is 4.60. The highest BCUT2D eigenvalue weighted by molar-refractivity contribution is 5.77. The second kappa shape index (κ2) is 4.75. The largest absolute Gasteiger partial charge is 0.399 e. The minimum atomic E-state index is 0.0522. The van der Waals surface area contributed by atoms with Crippen LogP contribution in [0.2, 0.25) is 0 Å². The number of hydrogen-bond donors (Lipinski definition) is 2.